The van der Waals surface area contributed by atoms with Crippen molar-refractivity contribution in [1.29, 1.82) is 0 Å². The average molecular weight is 396 g/mol. The lowest BCUT2D eigenvalue weighted by Gasteiger charge is -2.11. The summed E-state index contributed by atoms with van der Waals surface area (Å²) in [5.41, 5.74) is 3.38. The van der Waals surface area contributed by atoms with Gasteiger partial charge in [-0.1, -0.05) is 37.1 Å². The molecule has 0 radical (unpaired) electrons. The van der Waals surface area contributed by atoms with Crippen molar-refractivity contribution in [2.24, 2.45) is 0 Å². The van der Waals surface area contributed by atoms with E-state index in [1.807, 2.05) is 36.4 Å². The van der Waals surface area contributed by atoms with Crippen molar-refractivity contribution in [2.75, 3.05) is 12.4 Å². The minimum atomic E-state index is -0.133. The molecule has 0 aliphatic carbocycles. The third kappa shape index (κ3) is 5.08. The Hall–Kier alpha value is -2.92. The summed E-state index contributed by atoms with van der Waals surface area (Å²) < 4.78 is 5.19. The quantitative estimate of drug-likeness (QED) is 0.615. The molecule has 2 aromatic carbocycles. The number of amides is 1. The third-order valence-corrected chi connectivity index (χ3v) is 4.51. The van der Waals surface area contributed by atoms with Crippen molar-refractivity contribution in [3.63, 3.8) is 0 Å². The number of anilines is 1. The van der Waals surface area contributed by atoms with Gasteiger partial charge in [0.2, 0.25) is 5.91 Å². The van der Waals surface area contributed by atoms with Gasteiger partial charge in [-0.05, 0) is 48.4 Å². The van der Waals surface area contributed by atoms with Crippen molar-refractivity contribution < 1.29 is 9.53 Å². The fourth-order valence-electron chi connectivity index (χ4n) is 2.81. The summed E-state index contributed by atoms with van der Waals surface area (Å²) >= 11 is 5.89. The van der Waals surface area contributed by atoms with Crippen LogP contribution in [-0.4, -0.2) is 23.0 Å². The normalized spacial score (nSPS) is 10.5. The van der Waals surface area contributed by atoms with Crippen LogP contribution in [0.25, 0.3) is 11.3 Å². The lowest BCUT2D eigenvalue weighted by atomic mass is 10.1. The van der Waals surface area contributed by atoms with Crippen LogP contribution in [0.3, 0.4) is 0 Å². The van der Waals surface area contributed by atoms with E-state index >= 15 is 0 Å². The molecule has 0 fully saturated rings. The van der Waals surface area contributed by atoms with Crippen molar-refractivity contribution in [3.8, 4) is 17.0 Å². The summed E-state index contributed by atoms with van der Waals surface area (Å²) in [4.78, 5) is 21.6. The van der Waals surface area contributed by atoms with E-state index in [-0.39, 0.29) is 12.3 Å². The fourth-order valence-corrected chi connectivity index (χ4v) is 2.93. The molecule has 0 unspecified atom stereocenters. The summed E-state index contributed by atoms with van der Waals surface area (Å²) in [6.07, 6.45) is 3.57. The minimum absolute atomic E-state index is 0.133. The summed E-state index contributed by atoms with van der Waals surface area (Å²) in [7, 11) is 1.63. The Balaban J connectivity index is 1.78. The largest absolute Gasteiger partial charge is 0.497 e. The molecule has 1 aromatic heterocycles. The second-order valence-corrected chi connectivity index (χ2v) is 6.82. The molecule has 3 rings (SSSR count). The lowest BCUT2D eigenvalue weighted by Crippen LogP contribution is -2.17. The van der Waals surface area contributed by atoms with E-state index in [9.17, 15) is 4.79 Å². The van der Waals surface area contributed by atoms with Crippen molar-refractivity contribution >= 4 is 23.3 Å². The number of halogens is 1. The van der Waals surface area contributed by atoms with Gasteiger partial charge in [0, 0.05) is 10.6 Å². The highest BCUT2D eigenvalue weighted by molar-refractivity contribution is 6.30. The molecule has 0 aliphatic rings. The first-order valence-electron chi connectivity index (χ1n) is 9.13. The molecule has 1 heterocycles. The van der Waals surface area contributed by atoms with E-state index in [2.05, 4.69) is 17.2 Å². The van der Waals surface area contributed by atoms with Crippen LogP contribution >= 0.6 is 11.6 Å². The summed E-state index contributed by atoms with van der Waals surface area (Å²) in [5, 5.41) is 3.54. The highest BCUT2D eigenvalue weighted by Gasteiger charge is 2.12. The first-order valence-corrected chi connectivity index (χ1v) is 9.51. The summed E-state index contributed by atoms with van der Waals surface area (Å²) in [5.74, 6) is 1.17. The molecular weight excluding hydrogens is 374 g/mol. The number of aromatic nitrogens is 2. The monoisotopic (exact) mass is 395 g/mol. The van der Waals surface area contributed by atoms with Gasteiger partial charge in [0.25, 0.3) is 0 Å². The molecule has 3 aromatic rings. The van der Waals surface area contributed by atoms with Gasteiger partial charge in [0.1, 0.15) is 5.75 Å². The van der Waals surface area contributed by atoms with E-state index in [4.69, 9.17) is 21.3 Å². The number of nitrogens with one attached hydrogen (secondary N) is 1. The molecule has 0 saturated heterocycles. The highest BCUT2D eigenvalue weighted by Crippen LogP contribution is 2.23. The Kier molecular flexibility index (Phi) is 6.61. The molecule has 0 bridgehead atoms. The number of benzene rings is 2. The van der Waals surface area contributed by atoms with Crippen LogP contribution in [0.1, 0.15) is 24.6 Å². The zero-order valence-electron chi connectivity index (χ0n) is 15.9. The number of aryl methyl sites for hydroxylation is 1. The topological polar surface area (TPSA) is 64.1 Å². The molecule has 0 saturated carbocycles. The molecule has 1 amide bonds. The van der Waals surface area contributed by atoms with Gasteiger partial charge in [-0.2, -0.15) is 0 Å². The average Bonchev–Trinajstić information content (AvgIpc) is 2.71. The van der Waals surface area contributed by atoms with E-state index in [1.165, 1.54) is 0 Å². The van der Waals surface area contributed by atoms with Crippen LogP contribution in [0.4, 0.5) is 5.82 Å². The van der Waals surface area contributed by atoms with Crippen molar-refractivity contribution in [1.82, 2.24) is 9.97 Å². The van der Waals surface area contributed by atoms with E-state index in [0.29, 0.717) is 10.8 Å². The van der Waals surface area contributed by atoms with Gasteiger partial charge in [-0.15, -0.1) is 0 Å². The Morgan fingerprint density at radius 3 is 2.46 bits per heavy atom. The molecule has 144 valence electrons. The number of methoxy groups -OCH3 is 1. The van der Waals surface area contributed by atoms with Crippen LogP contribution in [0.5, 0.6) is 5.75 Å². The van der Waals surface area contributed by atoms with E-state index in [1.54, 1.807) is 25.4 Å². The van der Waals surface area contributed by atoms with Gasteiger partial charge < -0.3 is 10.1 Å². The van der Waals surface area contributed by atoms with Crippen LogP contribution < -0.4 is 10.1 Å². The number of nitrogens with zero attached hydrogens (tertiary/aromatic N) is 2. The fraction of sp³-hybridized carbons (Fsp3) is 0.227. The number of carbonyl (C=O) groups is 1. The molecule has 6 heteroatoms. The van der Waals surface area contributed by atoms with Gasteiger partial charge in [0.15, 0.2) is 5.82 Å². The molecule has 5 nitrogen and oxygen atoms in total. The predicted molar refractivity (Wildman–Crippen MR) is 112 cm³/mol. The standard InChI is InChI=1S/C22H22ClN3O2/c1-3-4-19-22(26-21(27)13-15-5-9-17(23)10-6-15)24-14-20(25-19)16-7-11-18(28-2)12-8-16/h5-12,14H,3-4,13H2,1-2H3,(H,24,26,27). The maximum absolute atomic E-state index is 12.4. The first-order chi connectivity index (χ1) is 13.6. The van der Waals surface area contributed by atoms with E-state index in [0.717, 1.165) is 41.1 Å². The molecular formula is C22H22ClN3O2. The van der Waals surface area contributed by atoms with Crippen LogP contribution in [0, 0.1) is 0 Å². The van der Waals surface area contributed by atoms with Gasteiger partial charge >= 0.3 is 0 Å². The number of carbonyl (C=O) groups excluding carboxylic acids is 1. The maximum Gasteiger partial charge on any atom is 0.229 e. The second kappa shape index (κ2) is 9.33. The predicted octanol–water partition coefficient (Wildman–Crippen LogP) is 4.94. The zero-order valence-corrected chi connectivity index (χ0v) is 16.7. The molecule has 1 N–H and O–H groups in total. The summed E-state index contributed by atoms with van der Waals surface area (Å²) in [6.45, 7) is 2.07. The van der Waals surface area contributed by atoms with E-state index < -0.39 is 0 Å². The van der Waals surface area contributed by atoms with Gasteiger partial charge in [-0.3, -0.25) is 4.79 Å². The van der Waals surface area contributed by atoms with Crippen molar-refractivity contribution in [3.05, 3.63) is 71.0 Å². The molecule has 0 spiro atoms. The van der Waals surface area contributed by atoms with Crippen LogP contribution in [0.2, 0.25) is 5.02 Å². The van der Waals surface area contributed by atoms with Gasteiger partial charge in [-0.25, -0.2) is 9.97 Å². The van der Waals surface area contributed by atoms with Crippen LogP contribution in [0.15, 0.2) is 54.7 Å². The summed E-state index contributed by atoms with van der Waals surface area (Å²) in [6, 6.07) is 14.9. The number of hydrogen-bond donors (Lipinski definition) is 1. The second-order valence-electron chi connectivity index (χ2n) is 6.38. The minimum Gasteiger partial charge on any atom is -0.497 e. The Labute approximate surface area is 169 Å². The SMILES string of the molecule is CCCc1nc(-c2ccc(OC)cc2)cnc1NC(=O)Cc1ccc(Cl)cc1. The number of rotatable bonds is 7. The maximum atomic E-state index is 12.4. The zero-order chi connectivity index (χ0) is 19.9. The Bertz CT molecular complexity index is 941. The molecule has 0 aliphatic heterocycles. The first kappa shape index (κ1) is 19.8. The lowest BCUT2D eigenvalue weighted by molar-refractivity contribution is -0.115. The third-order valence-electron chi connectivity index (χ3n) is 4.25. The molecule has 0 atom stereocenters. The molecule has 28 heavy (non-hydrogen) atoms. The Morgan fingerprint density at radius 1 is 1.11 bits per heavy atom. The highest BCUT2D eigenvalue weighted by atomic mass is 35.5. The van der Waals surface area contributed by atoms with Crippen LogP contribution in [-0.2, 0) is 17.6 Å². The smallest absolute Gasteiger partial charge is 0.229 e. The number of hydrogen-bond acceptors (Lipinski definition) is 4. The van der Waals surface area contributed by atoms with Gasteiger partial charge in [0.05, 0.1) is 31.1 Å². The Morgan fingerprint density at radius 2 is 1.82 bits per heavy atom. The van der Waals surface area contributed by atoms with Crippen molar-refractivity contribution in [2.45, 2.75) is 26.2 Å². The number of ether oxygens (including phenoxy) is 1.